The van der Waals surface area contributed by atoms with Crippen LogP contribution in [0.2, 0.25) is 0 Å². The fourth-order valence-electron chi connectivity index (χ4n) is 1.64. The molecule has 1 aliphatic carbocycles. The summed E-state index contributed by atoms with van der Waals surface area (Å²) >= 11 is 0. The van der Waals surface area contributed by atoms with Crippen molar-refractivity contribution in [1.29, 1.82) is 5.26 Å². The minimum absolute atomic E-state index is 0.137. The Kier molecular flexibility index (Phi) is 3.46. The quantitative estimate of drug-likeness (QED) is 0.862. The zero-order valence-electron chi connectivity index (χ0n) is 9.33. The standard InChI is InChI=1S/C12H14N2O2S/c13-8-12(11-4-2-1-3-5-11)14-17(15,16)9-10-6-7-10/h1-5,10,12,14H,6-7,9H2. The highest BCUT2D eigenvalue weighted by molar-refractivity contribution is 7.89. The molecule has 0 heterocycles. The topological polar surface area (TPSA) is 70.0 Å². The van der Waals surface area contributed by atoms with E-state index in [0.29, 0.717) is 5.56 Å². The maximum atomic E-state index is 11.8. The lowest BCUT2D eigenvalue weighted by Gasteiger charge is -2.11. The van der Waals surface area contributed by atoms with Crippen molar-refractivity contribution in [3.05, 3.63) is 35.9 Å². The first-order valence-electron chi connectivity index (χ1n) is 5.55. The Balaban J connectivity index is 2.07. The number of rotatable bonds is 5. The zero-order valence-corrected chi connectivity index (χ0v) is 10.2. The highest BCUT2D eigenvalue weighted by Gasteiger charge is 2.29. The van der Waals surface area contributed by atoms with Gasteiger partial charge in [-0.25, -0.2) is 8.42 Å². The van der Waals surface area contributed by atoms with Gasteiger partial charge in [-0.05, 0) is 24.3 Å². The van der Waals surface area contributed by atoms with Crippen LogP contribution in [0.1, 0.15) is 24.4 Å². The summed E-state index contributed by atoms with van der Waals surface area (Å²) in [6, 6.07) is 10.1. The SMILES string of the molecule is N#CC(NS(=O)(=O)CC1CC1)c1ccccc1. The molecule has 1 N–H and O–H groups in total. The van der Waals surface area contributed by atoms with Crippen molar-refractivity contribution in [1.82, 2.24) is 4.72 Å². The van der Waals surface area contributed by atoms with Gasteiger partial charge in [-0.1, -0.05) is 30.3 Å². The second kappa shape index (κ2) is 4.86. The van der Waals surface area contributed by atoms with Gasteiger partial charge in [0.25, 0.3) is 0 Å². The van der Waals surface area contributed by atoms with E-state index in [9.17, 15) is 8.42 Å². The summed E-state index contributed by atoms with van der Waals surface area (Å²) in [5, 5.41) is 9.02. The molecule has 0 aliphatic heterocycles. The van der Waals surface area contributed by atoms with E-state index in [1.54, 1.807) is 24.3 Å². The first-order chi connectivity index (χ1) is 8.11. The Labute approximate surface area is 101 Å². The molecular weight excluding hydrogens is 236 g/mol. The van der Waals surface area contributed by atoms with Crippen LogP contribution in [-0.4, -0.2) is 14.2 Å². The molecule has 1 fully saturated rings. The summed E-state index contributed by atoms with van der Waals surface area (Å²) in [5.41, 5.74) is 0.675. The van der Waals surface area contributed by atoms with E-state index < -0.39 is 16.1 Å². The van der Waals surface area contributed by atoms with Crippen molar-refractivity contribution in [2.45, 2.75) is 18.9 Å². The lowest BCUT2D eigenvalue weighted by molar-refractivity contribution is 0.571. The number of nitrogens with zero attached hydrogens (tertiary/aromatic N) is 1. The number of hydrogen-bond donors (Lipinski definition) is 1. The van der Waals surface area contributed by atoms with Crippen LogP contribution in [0, 0.1) is 17.2 Å². The van der Waals surface area contributed by atoms with Gasteiger partial charge in [-0.15, -0.1) is 0 Å². The molecule has 5 heteroatoms. The first kappa shape index (κ1) is 12.1. The van der Waals surface area contributed by atoms with Crippen LogP contribution in [0.15, 0.2) is 30.3 Å². The van der Waals surface area contributed by atoms with Crippen molar-refractivity contribution in [3.63, 3.8) is 0 Å². The third-order valence-electron chi connectivity index (χ3n) is 2.71. The van der Waals surface area contributed by atoms with Gasteiger partial charge in [0.1, 0.15) is 6.04 Å². The Morgan fingerprint density at radius 1 is 1.35 bits per heavy atom. The molecule has 0 saturated heterocycles. The molecular formula is C12H14N2O2S. The first-order valence-corrected chi connectivity index (χ1v) is 7.20. The fraction of sp³-hybridized carbons (Fsp3) is 0.417. The van der Waals surface area contributed by atoms with Crippen molar-refractivity contribution >= 4 is 10.0 Å². The third-order valence-corrected chi connectivity index (χ3v) is 4.22. The van der Waals surface area contributed by atoms with Gasteiger partial charge in [0, 0.05) is 0 Å². The van der Waals surface area contributed by atoms with Crippen LogP contribution < -0.4 is 4.72 Å². The molecule has 1 aromatic rings. The van der Waals surface area contributed by atoms with E-state index in [4.69, 9.17) is 5.26 Å². The second-order valence-corrected chi connectivity index (χ2v) is 6.11. The molecule has 1 saturated carbocycles. The molecule has 2 rings (SSSR count). The summed E-state index contributed by atoms with van der Waals surface area (Å²) < 4.78 is 26.0. The molecule has 90 valence electrons. The van der Waals surface area contributed by atoms with Crippen molar-refractivity contribution < 1.29 is 8.42 Å². The molecule has 0 aromatic heterocycles. The van der Waals surface area contributed by atoms with Gasteiger partial charge in [-0.2, -0.15) is 9.98 Å². The molecule has 0 amide bonds. The predicted molar refractivity (Wildman–Crippen MR) is 64.4 cm³/mol. The Morgan fingerprint density at radius 3 is 2.53 bits per heavy atom. The highest BCUT2D eigenvalue weighted by Crippen LogP contribution is 2.30. The summed E-state index contributed by atoms with van der Waals surface area (Å²) in [6.07, 6.45) is 1.95. The summed E-state index contributed by atoms with van der Waals surface area (Å²) in [4.78, 5) is 0. The maximum Gasteiger partial charge on any atom is 0.213 e. The normalized spacial score (nSPS) is 17.4. The van der Waals surface area contributed by atoms with E-state index >= 15 is 0 Å². The predicted octanol–water partition coefficient (Wildman–Crippen LogP) is 1.58. The summed E-state index contributed by atoms with van der Waals surface area (Å²) in [5.74, 6) is 0.417. The van der Waals surface area contributed by atoms with Crippen molar-refractivity contribution in [3.8, 4) is 6.07 Å². The fourth-order valence-corrected chi connectivity index (χ4v) is 3.23. The maximum absolute atomic E-state index is 11.8. The molecule has 0 spiro atoms. The minimum Gasteiger partial charge on any atom is -0.212 e. The number of nitrogens with one attached hydrogen (secondary N) is 1. The minimum atomic E-state index is -3.35. The number of nitriles is 1. The summed E-state index contributed by atoms with van der Waals surface area (Å²) in [6.45, 7) is 0. The van der Waals surface area contributed by atoms with Gasteiger partial charge in [0.15, 0.2) is 0 Å². The zero-order chi connectivity index (χ0) is 12.3. The van der Waals surface area contributed by atoms with Crippen LogP contribution in [0.5, 0.6) is 0 Å². The molecule has 1 atom stereocenters. The Morgan fingerprint density at radius 2 is 2.00 bits per heavy atom. The molecule has 4 nitrogen and oxygen atoms in total. The lowest BCUT2D eigenvalue weighted by Crippen LogP contribution is -2.30. The molecule has 1 unspecified atom stereocenters. The lowest BCUT2D eigenvalue weighted by atomic mass is 10.1. The van der Waals surface area contributed by atoms with Crippen LogP contribution >= 0.6 is 0 Å². The molecule has 1 aromatic carbocycles. The van der Waals surface area contributed by atoms with Crippen molar-refractivity contribution in [2.75, 3.05) is 5.75 Å². The van der Waals surface area contributed by atoms with Crippen LogP contribution in [0.4, 0.5) is 0 Å². The molecule has 1 aliphatic rings. The highest BCUT2D eigenvalue weighted by atomic mass is 32.2. The smallest absolute Gasteiger partial charge is 0.212 e. The number of sulfonamides is 1. The Bertz CT molecular complexity index is 515. The van der Waals surface area contributed by atoms with Gasteiger partial charge in [0.2, 0.25) is 10.0 Å². The van der Waals surface area contributed by atoms with E-state index in [-0.39, 0.29) is 11.7 Å². The monoisotopic (exact) mass is 250 g/mol. The molecule has 17 heavy (non-hydrogen) atoms. The van der Waals surface area contributed by atoms with Crippen LogP contribution in [0.25, 0.3) is 0 Å². The average Bonchev–Trinajstić information content (AvgIpc) is 3.10. The number of benzene rings is 1. The van der Waals surface area contributed by atoms with E-state index in [1.165, 1.54) is 0 Å². The molecule has 0 radical (unpaired) electrons. The van der Waals surface area contributed by atoms with Gasteiger partial charge >= 0.3 is 0 Å². The van der Waals surface area contributed by atoms with E-state index in [1.807, 2.05) is 12.1 Å². The summed E-state index contributed by atoms with van der Waals surface area (Å²) in [7, 11) is -3.35. The second-order valence-electron chi connectivity index (χ2n) is 4.32. The van der Waals surface area contributed by atoms with Crippen molar-refractivity contribution in [2.24, 2.45) is 5.92 Å². The molecule has 0 bridgehead atoms. The third kappa shape index (κ3) is 3.55. The van der Waals surface area contributed by atoms with E-state index in [2.05, 4.69) is 4.72 Å². The van der Waals surface area contributed by atoms with Gasteiger partial charge in [-0.3, -0.25) is 0 Å². The average molecular weight is 250 g/mol. The van der Waals surface area contributed by atoms with Gasteiger partial charge < -0.3 is 0 Å². The van der Waals surface area contributed by atoms with Crippen LogP contribution in [0.3, 0.4) is 0 Å². The van der Waals surface area contributed by atoms with E-state index in [0.717, 1.165) is 12.8 Å². The van der Waals surface area contributed by atoms with Crippen LogP contribution in [-0.2, 0) is 10.0 Å². The largest absolute Gasteiger partial charge is 0.213 e. The van der Waals surface area contributed by atoms with Gasteiger partial charge in [0.05, 0.1) is 11.8 Å². The Hall–Kier alpha value is -1.38. The number of hydrogen-bond acceptors (Lipinski definition) is 3.